The first-order valence-electron chi connectivity index (χ1n) is 28.7. The van der Waals surface area contributed by atoms with E-state index in [0.29, 0.717) is 5.56 Å². The Morgan fingerprint density at radius 1 is 0.247 bits per heavy atom. The zero-order chi connectivity index (χ0) is 55.2. The van der Waals surface area contributed by atoms with Crippen molar-refractivity contribution in [3.8, 4) is 55.6 Å². The van der Waals surface area contributed by atoms with Crippen LogP contribution in [0, 0.1) is 0 Å². The molecule has 16 aromatic rings. The highest BCUT2D eigenvalue weighted by atomic mass is 16.3. The molecule has 0 aliphatic rings. The Morgan fingerprint density at radius 2 is 0.649 bits per heavy atom. The Hall–Kier alpha value is -10.1. The third-order valence-electron chi connectivity index (χ3n) is 15.5. The molecule has 1 aromatic heterocycles. The summed E-state index contributed by atoms with van der Waals surface area (Å²) >= 11 is 0. The highest BCUT2D eigenvalue weighted by molar-refractivity contribution is 6.27. The number of benzene rings is 15. The van der Waals surface area contributed by atoms with Gasteiger partial charge in [0.15, 0.2) is 0 Å². The lowest BCUT2D eigenvalue weighted by molar-refractivity contribution is 0.673. The molecule has 1 heterocycles. The molecule has 1 heteroatoms. The summed E-state index contributed by atoms with van der Waals surface area (Å²) < 4.78 is 49.0. The van der Waals surface area contributed by atoms with Gasteiger partial charge in [-0.25, -0.2) is 0 Å². The van der Waals surface area contributed by atoms with Crippen LogP contribution in [-0.2, 0) is 0 Å². The van der Waals surface area contributed by atoms with Crippen molar-refractivity contribution >= 4 is 97.3 Å². The van der Waals surface area contributed by atoms with E-state index in [1.165, 1.54) is 76.5 Å². The van der Waals surface area contributed by atoms with E-state index < -0.39 is 6.04 Å². The Balaban J connectivity index is 0.000000141. The van der Waals surface area contributed by atoms with Gasteiger partial charge in [-0.1, -0.05) is 261 Å². The van der Waals surface area contributed by atoms with Gasteiger partial charge in [-0.2, -0.15) is 0 Å². The lowest BCUT2D eigenvalue weighted by atomic mass is 9.85. The summed E-state index contributed by atoms with van der Waals surface area (Å²) in [6.07, 6.45) is 0. The summed E-state index contributed by atoms with van der Waals surface area (Å²) in [6.45, 7) is 0. The van der Waals surface area contributed by atoms with Crippen LogP contribution in [0.4, 0.5) is 0 Å². The maximum atomic E-state index is 8.80. The van der Waals surface area contributed by atoms with Crippen LogP contribution < -0.4 is 0 Å². The second-order valence-corrected chi connectivity index (χ2v) is 19.8. The molecule has 0 spiro atoms. The minimum Gasteiger partial charge on any atom is -0.455 e. The van der Waals surface area contributed by atoms with E-state index in [-0.39, 0.29) is 29.7 Å². The van der Waals surface area contributed by atoms with Crippen LogP contribution in [0.1, 0.15) is 6.85 Å². The van der Waals surface area contributed by atoms with Crippen LogP contribution in [0.25, 0.3) is 153 Å². The SMILES string of the molecule is [2H]c1c([2H])c([2H])c(-c2c3ccccc3c(-c3cccc4oc5c6ccccc6ccc5c34)c3ccccc23)c([2H])c1[2H].c1cc(-c2ccc3ccccc3c2)cc(-c2c3ccccc3c(-c3ccc4ccccc4c3)c3ccccc23)c1. The van der Waals surface area contributed by atoms with E-state index in [9.17, 15) is 0 Å². The largest absolute Gasteiger partial charge is 0.455 e. The minimum absolute atomic E-state index is 0.207. The fourth-order valence-electron chi connectivity index (χ4n) is 12.1. The van der Waals surface area contributed by atoms with E-state index in [0.717, 1.165) is 65.4 Å². The molecule has 0 atom stereocenters. The van der Waals surface area contributed by atoms with Gasteiger partial charge in [0.2, 0.25) is 0 Å². The van der Waals surface area contributed by atoms with Crippen LogP contribution in [0.2, 0.25) is 0 Å². The zero-order valence-corrected chi connectivity index (χ0v) is 41.7. The second-order valence-electron chi connectivity index (χ2n) is 19.8. The molecule has 77 heavy (non-hydrogen) atoms. The predicted octanol–water partition coefficient (Wildman–Crippen LogP) is 21.7. The first-order chi connectivity index (χ1) is 40.3. The van der Waals surface area contributed by atoms with Gasteiger partial charge in [-0.05, 0) is 156 Å². The summed E-state index contributed by atoms with van der Waals surface area (Å²) in [6, 6.07) is 90.6. The first-order valence-corrected chi connectivity index (χ1v) is 26.2. The van der Waals surface area contributed by atoms with Crippen molar-refractivity contribution in [3.63, 3.8) is 0 Å². The van der Waals surface area contributed by atoms with Crippen LogP contribution >= 0.6 is 0 Å². The quantitative estimate of drug-likeness (QED) is 0.157. The Labute approximate surface area is 453 Å². The van der Waals surface area contributed by atoms with Crippen LogP contribution in [0.15, 0.2) is 295 Å². The molecule has 0 bridgehead atoms. The molecule has 16 rings (SSSR count). The van der Waals surface area contributed by atoms with Crippen LogP contribution in [-0.4, -0.2) is 0 Å². The van der Waals surface area contributed by atoms with Gasteiger partial charge in [-0.3, -0.25) is 0 Å². The molecule has 0 saturated carbocycles. The van der Waals surface area contributed by atoms with Gasteiger partial charge >= 0.3 is 0 Å². The summed E-state index contributed by atoms with van der Waals surface area (Å²) in [5, 5.41) is 17.9. The molecule has 0 unspecified atom stereocenters. The molecule has 0 aliphatic carbocycles. The van der Waals surface area contributed by atoms with Crippen molar-refractivity contribution in [2.75, 3.05) is 0 Å². The van der Waals surface area contributed by atoms with E-state index >= 15 is 0 Å². The second kappa shape index (κ2) is 18.4. The molecule has 0 fully saturated rings. The number of rotatable bonds is 5. The number of hydrogen-bond acceptors (Lipinski definition) is 1. The molecule has 1 nitrogen and oxygen atoms in total. The fraction of sp³-hybridized carbons (Fsp3) is 0. The Morgan fingerprint density at radius 3 is 1.22 bits per heavy atom. The normalized spacial score (nSPS) is 12.5. The fourth-order valence-corrected chi connectivity index (χ4v) is 12.1. The summed E-state index contributed by atoms with van der Waals surface area (Å²) in [4.78, 5) is 0. The first kappa shape index (κ1) is 39.4. The number of hydrogen-bond donors (Lipinski definition) is 0. The van der Waals surface area contributed by atoms with E-state index in [2.05, 4.69) is 188 Å². The molecule has 0 amide bonds. The maximum Gasteiger partial charge on any atom is 0.143 e. The lowest BCUT2D eigenvalue weighted by Gasteiger charge is -2.18. The van der Waals surface area contributed by atoms with E-state index in [1.807, 2.05) is 72.8 Å². The molecule has 0 N–H and O–H groups in total. The average molecular weight is 982 g/mol. The third kappa shape index (κ3) is 7.47. The van der Waals surface area contributed by atoms with E-state index in [1.54, 1.807) is 0 Å². The van der Waals surface area contributed by atoms with Crippen molar-refractivity contribution in [2.45, 2.75) is 0 Å². The maximum absolute atomic E-state index is 8.80. The van der Waals surface area contributed by atoms with Crippen molar-refractivity contribution in [1.29, 1.82) is 0 Å². The van der Waals surface area contributed by atoms with Crippen molar-refractivity contribution in [3.05, 3.63) is 291 Å². The highest BCUT2D eigenvalue weighted by Gasteiger charge is 2.22. The molecule has 358 valence electrons. The summed E-state index contributed by atoms with van der Waals surface area (Å²) in [5.74, 6) is 0. The number of fused-ring (bicyclic) bond motifs is 11. The van der Waals surface area contributed by atoms with Crippen LogP contribution in [0.5, 0.6) is 0 Å². The van der Waals surface area contributed by atoms with Gasteiger partial charge < -0.3 is 4.42 Å². The summed E-state index contributed by atoms with van der Waals surface area (Å²) in [5.41, 5.74) is 12.1. The molecular weight excluding hydrogens is 929 g/mol. The smallest absolute Gasteiger partial charge is 0.143 e. The third-order valence-corrected chi connectivity index (χ3v) is 15.5. The number of furan rings is 1. The standard InChI is InChI=1S/C40H26.C36H22O/c1-3-12-29-24-32(22-20-27(29)10-1)31-14-9-15-33(26-31)39-35-16-5-7-18-37(35)40(38-19-8-6-17-36(38)39)34-23-21-28-11-2-4-13-30(28)25-34;1-2-12-24(13-3-1)33-26-15-6-8-17-28(26)34(29-18-9-7-16-27(29)33)30-19-10-20-32-35(30)31-22-21-23-11-4-5-14-25(23)36(31)37-32/h1-26H;1-22H/i;1D,2D,3D,12D,13D. The predicted molar refractivity (Wildman–Crippen MR) is 330 cm³/mol. The average Bonchev–Trinajstić information content (AvgIpc) is 2.05. The van der Waals surface area contributed by atoms with Gasteiger partial charge in [-0.15, -0.1) is 0 Å². The molecular formula is C76H48O. The monoisotopic (exact) mass is 981 g/mol. The van der Waals surface area contributed by atoms with E-state index in [4.69, 9.17) is 11.3 Å². The molecule has 0 saturated heterocycles. The molecule has 15 aromatic carbocycles. The zero-order valence-electron chi connectivity index (χ0n) is 46.7. The lowest BCUT2D eigenvalue weighted by Crippen LogP contribution is -1.91. The van der Waals surface area contributed by atoms with Crippen LogP contribution in [0.3, 0.4) is 0 Å². The van der Waals surface area contributed by atoms with Gasteiger partial charge in [0.25, 0.3) is 0 Å². The summed E-state index contributed by atoms with van der Waals surface area (Å²) in [7, 11) is 0. The highest BCUT2D eigenvalue weighted by Crippen LogP contribution is 2.48. The van der Waals surface area contributed by atoms with Gasteiger partial charge in [0.05, 0.1) is 6.85 Å². The minimum atomic E-state index is -0.398. The van der Waals surface area contributed by atoms with Gasteiger partial charge in [0.1, 0.15) is 11.2 Å². The van der Waals surface area contributed by atoms with Gasteiger partial charge in [0, 0.05) is 16.2 Å². The molecule has 0 radical (unpaired) electrons. The van der Waals surface area contributed by atoms with Crippen molar-refractivity contribution in [2.24, 2.45) is 0 Å². The van der Waals surface area contributed by atoms with Crippen molar-refractivity contribution in [1.82, 2.24) is 0 Å². The Kier molecular flexibility index (Phi) is 9.41. The van der Waals surface area contributed by atoms with Crippen molar-refractivity contribution < 1.29 is 11.3 Å². The topological polar surface area (TPSA) is 13.1 Å². The Bertz CT molecular complexity index is 5160. The molecule has 0 aliphatic heterocycles.